The van der Waals surface area contributed by atoms with Crippen LogP contribution < -0.4 is 22.8 Å². The number of nitrogens with zero attached hydrogens (tertiary/aromatic N) is 9. The van der Waals surface area contributed by atoms with Gasteiger partial charge in [-0.1, -0.05) is 72.8 Å². The number of hydrogen-bond donors (Lipinski definition) is 0. The highest BCUT2D eigenvalue weighted by Crippen LogP contribution is 2.45. The van der Waals surface area contributed by atoms with E-state index in [-0.39, 0.29) is 0 Å². The number of furan rings is 5. The van der Waals surface area contributed by atoms with Crippen molar-refractivity contribution in [2.45, 2.75) is 55.4 Å². The maximum atomic E-state index is 9.30. The summed E-state index contributed by atoms with van der Waals surface area (Å²) in [5.41, 5.74) is 31.7. The molecule has 14 heteroatoms. The highest BCUT2D eigenvalue weighted by molar-refractivity contribution is 6.17. The molecular weight excluding hydrogens is 1430 g/mol. The molecule has 0 aliphatic rings. The number of aryl methyl sites for hydroxylation is 12. The van der Waals surface area contributed by atoms with Crippen molar-refractivity contribution >= 4 is 121 Å². The van der Waals surface area contributed by atoms with Crippen molar-refractivity contribution in [3.8, 4) is 68.4 Å². The van der Waals surface area contributed by atoms with Crippen LogP contribution in [0.25, 0.3) is 176 Å². The van der Waals surface area contributed by atoms with E-state index in [1.54, 1.807) is 18.2 Å². The van der Waals surface area contributed by atoms with E-state index < -0.39 is 0 Å². The van der Waals surface area contributed by atoms with Crippen molar-refractivity contribution in [1.29, 1.82) is 10.5 Å². The van der Waals surface area contributed by atoms with Crippen molar-refractivity contribution in [1.82, 2.24) is 0 Å². The molecule has 0 spiro atoms. The standard InChI is InChI=1S/2C21H17N2O.2C20H15N2O.C20H18NO/c1-13-9-11-17-20(18(13)16-7-5-6-12-23(16)4)19-14(2)8-10-15(22-3)21(19)24-17;1-13-7-8-23(3)19(9-13)17-11-18-16-6-4-5-15(12-22)21(16)24-20(18)10-14(17)2;1-13-10-19-17(12-16(13)18-6-4-5-9-22(18)3)15-8-7-14(21-2)11-20(15)23-19;1-13-10-19-17(11-16(13)18-8-3-4-9-22(18)2)15-7-5-6-14(12-21)20(15)23-19;1-13-12-18-20(15-8-4-5-10-17(15)22-18)19(14(13)2)16-9-6-7-11-21(16)3/h5-12H,1-2,4H3;4-11H,1-3H3;4-12H,1,3H3;3-11H,1-2H3;4-12H,1-3H3/q5*+1. The van der Waals surface area contributed by atoms with Gasteiger partial charge >= 0.3 is 0 Å². The summed E-state index contributed by atoms with van der Waals surface area (Å²) in [6.07, 6.45) is 10.3. The molecule has 0 unspecified atom stereocenters. The van der Waals surface area contributed by atoms with Crippen LogP contribution >= 0.6 is 0 Å². The summed E-state index contributed by atoms with van der Waals surface area (Å²) < 4.78 is 40.7. The van der Waals surface area contributed by atoms with Crippen LogP contribution in [0.15, 0.2) is 284 Å². The third-order valence-corrected chi connectivity index (χ3v) is 22.2. The van der Waals surface area contributed by atoms with Crippen molar-refractivity contribution in [2.24, 2.45) is 35.2 Å². The van der Waals surface area contributed by atoms with Crippen LogP contribution in [-0.4, -0.2) is 0 Å². The third kappa shape index (κ3) is 13.6. The Morgan fingerprint density at radius 2 is 0.750 bits per heavy atom. The van der Waals surface area contributed by atoms with Gasteiger partial charge in [0.1, 0.15) is 92.0 Å². The molecule has 0 aliphatic heterocycles. The van der Waals surface area contributed by atoms with Crippen LogP contribution in [0.4, 0.5) is 11.4 Å². The molecule has 0 atom stereocenters. The highest BCUT2D eigenvalue weighted by atomic mass is 16.3. The van der Waals surface area contributed by atoms with E-state index in [1.165, 1.54) is 83.5 Å². The second kappa shape index (κ2) is 30.9. The van der Waals surface area contributed by atoms with Crippen molar-refractivity contribution < 1.29 is 44.9 Å². The number of aromatic nitrogens is 5. The Kier molecular flexibility index (Phi) is 20.0. The van der Waals surface area contributed by atoms with E-state index in [0.717, 1.165) is 110 Å². The molecule has 0 amide bonds. The van der Waals surface area contributed by atoms with Gasteiger partial charge in [-0.3, -0.25) is 0 Å². The SMILES string of the molecule is Cc1cc2oc3c(C#N)cccc3c2cc1-c1cccc[n+]1C.Cc1cc2oc3ccccc3c2c(-c2cccc[n+]2C)c1C.Cc1cc[n+](C)c(-c2cc3c(cc2C)oc2c(C#N)cccc23)c1.[C-]#[N+]c1ccc(C)c2c1oc1ccc(C)c(-c3cccc[n+]3C)c12.[C-]#[N+]c1ccc2c(c1)oc1cc(C)c(-c3cccc[n+]3C)cc12. The first-order valence-electron chi connectivity index (χ1n) is 38.3. The Morgan fingerprint density at radius 3 is 1.29 bits per heavy atom. The van der Waals surface area contributed by atoms with Gasteiger partial charge in [-0.05, 0) is 197 Å². The van der Waals surface area contributed by atoms with E-state index in [2.05, 4.69) is 255 Å². The molecule has 20 aromatic rings. The Morgan fingerprint density at radius 1 is 0.293 bits per heavy atom. The summed E-state index contributed by atoms with van der Waals surface area (Å²) in [6, 6.07) is 81.6. The van der Waals surface area contributed by atoms with E-state index >= 15 is 0 Å². The molecule has 0 saturated carbocycles. The average Bonchev–Trinajstić information content (AvgIpc) is 1.54. The lowest BCUT2D eigenvalue weighted by molar-refractivity contribution is -0.660. The van der Waals surface area contributed by atoms with Crippen LogP contribution in [0.1, 0.15) is 55.6 Å². The van der Waals surface area contributed by atoms with Crippen LogP contribution in [-0.2, 0) is 35.2 Å². The van der Waals surface area contributed by atoms with Gasteiger partial charge in [-0.15, -0.1) is 0 Å². The molecule has 0 fully saturated rings. The zero-order valence-corrected chi connectivity index (χ0v) is 66.9. The number of hydrogen-bond acceptors (Lipinski definition) is 7. The monoisotopic (exact) mass is 1510 g/mol. The summed E-state index contributed by atoms with van der Waals surface area (Å²) in [5, 5.41) is 29.3. The lowest BCUT2D eigenvalue weighted by atomic mass is 9.94. The van der Waals surface area contributed by atoms with Gasteiger partial charge < -0.3 is 22.1 Å². The predicted molar refractivity (Wildman–Crippen MR) is 462 cm³/mol. The number of para-hydroxylation sites is 3. The minimum atomic E-state index is 0.563. The molecule has 10 aromatic carbocycles. The van der Waals surface area contributed by atoms with Gasteiger partial charge in [-0.2, -0.15) is 10.5 Å². The second-order valence-corrected chi connectivity index (χ2v) is 29.8. The first-order valence-corrected chi connectivity index (χ1v) is 38.3. The lowest BCUT2D eigenvalue weighted by Gasteiger charge is -2.09. The number of benzene rings is 10. The summed E-state index contributed by atoms with van der Waals surface area (Å²) >= 11 is 0. The number of pyridine rings is 5. The van der Waals surface area contributed by atoms with Crippen molar-refractivity contribution in [3.63, 3.8) is 0 Å². The second-order valence-electron chi connectivity index (χ2n) is 29.8. The Bertz CT molecular complexity index is 7580. The first-order chi connectivity index (χ1) is 56.2. The van der Waals surface area contributed by atoms with Crippen LogP contribution in [0.2, 0.25) is 0 Å². The highest BCUT2D eigenvalue weighted by Gasteiger charge is 2.26. The van der Waals surface area contributed by atoms with Gasteiger partial charge in [0.25, 0.3) is 0 Å². The van der Waals surface area contributed by atoms with E-state index in [9.17, 15) is 10.5 Å². The topological polar surface area (TPSA) is 141 Å². The van der Waals surface area contributed by atoms with Crippen molar-refractivity contribution in [2.75, 3.05) is 0 Å². The third-order valence-electron chi connectivity index (χ3n) is 22.2. The Balaban J connectivity index is 0.000000109. The van der Waals surface area contributed by atoms with E-state index in [1.807, 2.05) is 124 Å². The average molecular weight is 1510 g/mol. The molecule has 0 aliphatic carbocycles. The molecule has 0 bridgehead atoms. The maximum Gasteiger partial charge on any atom is 0.229 e. The summed E-state index contributed by atoms with van der Waals surface area (Å²) in [6.45, 7) is 31.5. The molecule has 10 aromatic heterocycles. The number of fused-ring (bicyclic) bond motifs is 15. The Labute approximate surface area is 671 Å². The fourth-order valence-corrected chi connectivity index (χ4v) is 16.1. The molecule has 10 heterocycles. The summed E-state index contributed by atoms with van der Waals surface area (Å²) in [7, 11) is 10.3. The van der Waals surface area contributed by atoms with Crippen LogP contribution in [0.3, 0.4) is 0 Å². The fraction of sp³-hybridized carbons (Fsp3) is 0.127. The zero-order chi connectivity index (χ0) is 80.9. The predicted octanol–water partition coefficient (Wildman–Crippen LogP) is 23.7. The summed E-state index contributed by atoms with van der Waals surface area (Å²) in [5.74, 6) is 0. The molecular formula is C102H82N9O5+5. The van der Waals surface area contributed by atoms with Crippen LogP contribution in [0, 0.1) is 91.2 Å². The largest absolute Gasteiger partial charge is 0.467 e. The first kappa shape index (κ1) is 75.0. The number of rotatable bonds is 5. The fourth-order valence-electron chi connectivity index (χ4n) is 16.1. The minimum absolute atomic E-state index is 0.563. The van der Waals surface area contributed by atoms with Gasteiger partial charge in [0.15, 0.2) is 47.8 Å². The van der Waals surface area contributed by atoms with Gasteiger partial charge in [0.2, 0.25) is 34.2 Å². The zero-order valence-electron chi connectivity index (χ0n) is 66.9. The molecule has 0 radical (unpaired) electrons. The van der Waals surface area contributed by atoms with Gasteiger partial charge in [-0.25, -0.2) is 32.5 Å². The maximum absolute atomic E-state index is 9.30. The smallest absolute Gasteiger partial charge is 0.229 e. The van der Waals surface area contributed by atoms with E-state index in [0.29, 0.717) is 39.3 Å². The molecule has 0 saturated heterocycles. The van der Waals surface area contributed by atoms with E-state index in [4.69, 9.17) is 35.2 Å². The van der Waals surface area contributed by atoms with Gasteiger partial charge in [0, 0.05) is 131 Å². The van der Waals surface area contributed by atoms with Crippen molar-refractivity contribution in [3.05, 3.63) is 340 Å². The minimum Gasteiger partial charge on any atom is -0.467 e. The molecule has 0 N–H and O–H groups in total. The van der Waals surface area contributed by atoms with Gasteiger partial charge in [0.05, 0.1) is 35.4 Å². The molecule has 560 valence electrons. The van der Waals surface area contributed by atoms with Crippen LogP contribution in [0.5, 0.6) is 0 Å². The number of nitriles is 2. The molecule has 20 rings (SSSR count). The quantitative estimate of drug-likeness (QED) is 0.123. The molecule has 14 nitrogen and oxygen atoms in total. The lowest BCUT2D eigenvalue weighted by Crippen LogP contribution is -2.30. The summed E-state index contributed by atoms with van der Waals surface area (Å²) in [4.78, 5) is 7.10. The Hall–Kier alpha value is -15.1. The normalized spacial score (nSPS) is 11.1. The molecule has 116 heavy (non-hydrogen) atoms.